The molecule has 2 aromatic rings. The van der Waals surface area contributed by atoms with Crippen molar-refractivity contribution in [3.8, 4) is 11.5 Å². The van der Waals surface area contributed by atoms with E-state index in [-0.39, 0.29) is 11.3 Å². The van der Waals surface area contributed by atoms with Gasteiger partial charge in [-0.2, -0.15) is 13.2 Å². The molecule has 146 valence electrons. The number of nitrogens with one attached hydrogen (secondary N) is 1. The van der Waals surface area contributed by atoms with E-state index < -0.39 is 17.6 Å². The van der Waals surface area contributed by atoms with Gasteiger partial charge in [0.25, 0.3) is 5.91 Å². The minimum absolute atomic E-state index is 0.145. The molecule has 1 N–H and O–H groups in total. The fourth-order valence-corrected chi connectivity index (χ4v) is 2.90. The molecule has 0 bridgehead atoms. The number of hydrogen-bond donors (Lipinski definition) is 1. The van der Waals surface area contributed by atoms with Crippen LogP contribution in [0.1, 0.15) is 36.2 Å². The van der Waals surface area contributed by atoms with Crippen LogP contribution in [0.15, 0.2) is 40.9 Å². The van der Waals surface area contributed by atoms with Crippen molar-refractivity contribution in [3.63, 3.8) is 0 Å². The zero-order valence-electron chi connectivity index (χ0n) is 14.8. The lowest BCUT2D eigenvalue weighted by Crippen LogP contribution is -2.17. The Bertz CT molecular complexity index is 809. The number of ether oxygens (including phenoxy) is 2. The molecule has 4 nitrogen and oxygen atoms in total. The summed E-state index contributed by atoms with van der Waals surface area (Å²) in [6.45, 7) is 4.54. The normalized spacial score (nSPS) is 11.2. The van der Waals surface area contributed by atoms with Gasteiger partial charge in [-0.25, -0.2) is 0 Å². The number of alkyl halides is 3. The van der Waals surface area contributed by atoms with Crippen LogP contribution in [0.25, 0.3) is 0 Å². The van der Waals surface area contributed by atoms with Gasteiger partial charge in [-0.05, 0) is 53.5 Å². The number of rotatable bonds is 7. The van der Waals surface area contributed by atoms with E-state index in [1.165, 1.54) is 30.3 Å². The Labute approximate surface area is 163 Å². The minimum atomic E-state index is -4.57. The van der Waals surface area contributed by atoms with E-state index in [4.69, 9.17) is 9.47 Å². The Hall–Kier alpha value is -2.22. The molecule has 0 radical (unpaired) electrons. The third-order valence-electron chi connectivity index (χ3n) is 3.50. The predicted octanol–water partition coefficient (Wildman–Crippen LogP) is 5.91. The van der Waals surface area contributed by atoms with Gasteiger partial charge >= 0.3 is 6.18 Å². The Morgan fingerprint density at radius 1 is 1.15 bits per heavy atom. The maximum atomic E-state index is 13.1. The molecule has 0 atom stereocenters. The molecule has 0 unspecified atom stereocenters. The van der Waals surface area contributed by atoms with Gasteiger partial charge in [0.1, 0.15) is 0 Å². The summed E-state index contributed by atoms with van der Waals surface area (Å²) in [7, 11) is 0. The number of anilines is 1. The standard InChI is InChI=1S/C19H19BrF3NO3/c1-3-9-27-17-14(20)10-12(11-16(17)26-4-2)18(25)24-15-8-6-5-7-13(15)19(21,22)23/h5-8,10-11H,3-4,9H2,1-2H3,(H,24,25). The predicted molar refractivity (Wildman–Crippen MR) is 100 cm³/mol. The van der Waals surface area contributed by atoms with Crippen molar-refractivity contribution < 1.29 is 27.4 Å². The summed E-state index contributed by atoms with van der Waals surface area (Å²) in [5.41, 5.74) is -1.08. The molecule has 2 rings (SSSR count). The van der Waals surface area contributed by atoms with E-state index in [2.05, 4.69) is 21.2 Å². The molecule has 0 aliphatic heterocycles. The second-order valence-corrected chi connectivity index (χ2v) is 6.42. The number of amides is 1. The van der Waals surface area contributed by atoms with Crippen molar-refractivity contribution in [1.82, 2.24) is 0 Å². The van der Waals surface area contributed by atoms with Gasteiger partial charge < -0.3 is 14.8 Å². The van der Waals surface area contributed by atoms with E-state index in [0.717, 1.165) is 12.5 Å². The van der Waals surface area contributed by atoms with Crippen molar-refractivity contribution in [2.75, 3.05) is 18.5 Å². The molecule has 0 saturated heterocycles. The van der Waals surface area contributed by atoms with Gasteiger partial charge in [-0.15, -0.1) is 0 Å². The quantitative estimate of drug-likeness (QED) is 0.576. The molecular formula is C19H19BrF3NO3. The highest BCUT2D eigenvalue weighted by Crippen LogP contribution is 2.38. The Kier molecular flexibility index (Phi) is 7.12. The van der Waals surface area contributed by atoms with E-state index >= 15 is 0 Å². The van der Waals surface area contributed by atoms with E-state index in [0.29, 0.717) is 29.2 Å². The zero-order valence-corrected chi connectivity index (χ0v) is 16.4. The number of benzene rings is 2. The van der Waals surface area contributed by atoms with Crippen LogP contribution in [-0.4, -0.2) is 19.1 Å². The third kappa shape index (κ3) is 5.38. The molecular weight excluding hydrogens is 427 g/mol. The summed E-state index contributed by atoms with van der Waals surface area (Å²) in [6.07, 6.45) is -3.78. The topological polar surface area (TPSA) is 47.6 Å². The Morgan fingerprint density at radius 3 is 2.48 bits per heavy atom. The summed E-state index contributed by atoms with van der Waals surface area (Å²) in [5, 5.41) is 2.32. The highest BCUT2D eigenvalue weighted by atomic mass is 79.9. The average molecular weight is 446 g/mol. The number of para-hydroxylation sites is 1. The van der Waals surface area contributed by atoms with Crippen molar-refractivity contribution in [2.24, 2.45) is 0 Å². The maximum Gasteiger partial charge on any atom is 0.418 e. The summed E-state index contributed by atoms with van der Waals surface area (Å²) >= 11 is 3.33. The fraction of sp³-hybridized carbons (Fsp3) is 0.316. The Balaban J connectivity index is 2.34. The van der Waals surface area contributed by atoms with Crippen LogP contribution in [0, 0.1) is 0 Å². The molecule has 0 aromatic heterocycles. The van der Waals surface area contributed by atoms with Crippen LogP contribution in [-0.2, 0) is 6.18 Å². The molecule has 0 heterocycles. The van der Waals surface area contributed by atoms with Crippen molar-refractivity contribution in [1.29, 1.82) is 0 Å². The highest BCUT2D eigenvalue weighted by Gasteiger charge is 2.33. The van der Waals surface area contributed by atoms with Crippen LogP contribution < -0.4 is 14.8 Å². The summed E-state index contributed by atoms with van der Waals surface area (Å²) in [5.74, 6) is 0.107. The van der Waals surface area contributed by atoms with Crippen molar-refractivity contribution >= 4 is 27.5 Å². The summed E-state index contributed by atoms with van der Waals surface area (Å²) < 4.78 is 51.0. The van der Waals surface area contributed by atoms with Gasteiger partial charge in [0.15, 0.2) is 11.5 Å². The maximum absolute atomic E-state index is 13.1. The first-order chi connectivity index (χ1) is 12.8. The lowest BCUT2D eigenvalue weighted by Gasteiger charge is -2.16. The molecule has 1 amide bonds. The van der Waals surface area contributed by atoms with Gasteiger partial charge in [0.2, 0.25) is 0 Å². The van der Waals surface area contributed by atoms with Crippen LogP contribution >= 0.6 is 15.9 Å². The molecule has 0 aliphatic rings. The van der Waals surface area contributed by atoms with Gasteiger partial charge in [-0.3, -0.25) is 4.79 Å². The second kappa shape index (κ2) is 9.12. The first kappa shape index (κ1) is 21.1. The Morgan fingerprint density at radius 2 is 1.85 bits per heavy atom. The summed E-state index contributed by atoms with van der Waals surface area (Å²) in [4.78, 5) is 12.5. The van der Waals surface area contributed by atoms with Gasteiger partial charge in [0.05, 0.1) is 28.9 Å². The van der Waals surface area contributed by atoms with Gasteiger partial charge in [-0.1, -0.05) is 19.1 Å². The lowest BCUT2D eigenvalue weighted by atomic mass is 10.1. The largest absolute Gasteiger partial charge is 0.490 e. The summed E-state index contributed by atoms with van der Waals surface area (Å²) in [6, 6.07) is 7.75. The smallest absolute Gasteiger partial charge is 0.418 e. The van der Waals surface area contributed by atoms with Crippen LogP contribution in [0.4, 0.5) is 18.9 Å². The van der Waals surface area contributed by atoms with Gasteiger partial charge in [0, 0.05) is 5.56 Å². The molecule has 0 aliphatic carbocycles. The van der Waals surface area contributed by atoms with E-state index in [1.807, 2.05) is 6.92 Å². The number of carbonyl (C=O) groups excluding carboxylic acids is 1. The second-order valence-electron chi connectivity index (χ2n) is 5.56. The molecule has 8 heteroatoms. The monoisotopic (exact) mass is 445 g/mol. The van der Waals surface area contributed by atoms with E-state index in [9.17, 15) is 18.0 Å². The van der Waals surface area contributed by atoms with Crippen LogP contribution in [0.2, 0.25) is 0 Å². The molecule has 0 saturated carbocycles. The molecule has 0 fully saturated rings. The molecule has 27 heavy (non-hydrogen) atoms. The van der Waals surface area contributed by atoms with Crippen LogP contribution in [0.3, 0.4) is 0 Å². The van der Waals surface area contributed by atoms with Crippen molar-refractivity contribution in [3.05, 3.63) is 52.0 Å². The lowest BCUT2D eigenvalue weighted by molar-refractivity contribution is -0.136. The third-order valence-corrected chi connectivity index (χ3v) is 4.09. The average Bonchev–Trinajstić information content (AvgIpc) is 2.60. The van der Waals surface area contributed by atoms with Crippen LogP contribution in [0.5, 0.6) is 11.5 Å². The number of hydrogen-bond acceptors (Lipinski definition) is 3. The number of carbonyl (C=O) groups is 1. The van der Waals surface area contributed by atoms with E-state index in [1.54, 1.807) is 6.92 Å². The van der Waals surface area contributed by atoms with Crippen molar-refractivity contribution in [2.45, 2.75) is 26.4 Å². The highest BCUT2D eigenvalue weighted by molar-refractivity contribution is 9.10. The number of halogens is 4. The first-order valence-corrected chi connectivity index (χ1v) is 9.13. The minimum Gasteiger partial charge on any atom is -0.490 e. The first-order valence-electron chi connectivity index (χ1n) is 8.34. The fourth-order valence-electron chi connectivity index (χ4n) is 2.34. The zero-order chi connectivity index (χ0) is 20.0. The molecule has 0 spiro atoms. The molecule has 2 aromatic carbocycles. The SMILES string of the molecule is CCCOc1c(Br)cc(C(=O)Nc2ccccc2C(F)(F)F)cc1OCC.